The van der Waals surface area contributed by atoms with Crippen molar-refractivity contribution < 1.29 is 19.8 Å². The molecule has 0 radical (unpaired) electrons. The molecule has 2 N–H and O–H groups in total. The average molecular weight is 290 g/mol. The minimum Gasteiger partial charge on any atom is -0.507 e. The summed E-state index contributed by atoms with van der Waals surface area (Å²) in [6.07, 6.45) is 0.715. The largest absolute Gasteiger partial charge is 0.507 e. The van der Waals surface area contributed by atoms with Crippen LogP contribution in [0, 0.1) is 0 Å². The van der Waals surface area contributed by atoms with E-state index in [2.05, 4.69) is 16.8 Å². The van der Waals surface area contributed by atoms with Crippen molar-refractivity contribution in [1.29, 1.82) is 0 Å². The summed E-state index contributed by atoms with van der Waals surface area (Å²) in [5.41, 5.74) is 1.46. The number of likely N-dealkylation sites (N-methyl/N-ethyl adjacent to an activating group) is 1. The molecule has 0 saturated carbocycles. The Morgan fingerprint density at radius 1 is 1.05 bits per heavy atom. The van der Waals surface area contributed by atoms with Crippen molar-refractivity contribution in [1.82, 2.24) is 4.90 Å². The number of hydrogen-bond acceptors (Lipinski definition) is 5. The van der Waals surface area contributed by atoms with Gasteiger partial charge in [-0.2, -0.15) is 0 Å². The van der Waals surface area contributed by atoms with Gasteiger partial charge in [-0.05, 0) is 31.3 Å². The van der Waals surface area contributed by atoms with E-state index in [9.17, 15) is 14.7 Å². The molecule has 1 aliphatic rings. The normalized spacial score (nSPS) is 16.8. The van der Waals surface area contributed by atoms with Crippen LogP contribution < -0.4 is 4.90 Å². The SMILES string of the molecule is CN1CCN(c2ccc(/C(O)=C/C(=O)C(=O)O)cc2)CC1. The smallest absolute Gasteiger partial charge is 0.376 e. The molecule has 0 bridgehead atoms. The first-order chi connectivity index (χ1) is 9.97. The van der Waals surface area contributed by atoms with Crippen LogP contribution in [-0.4, -0.2) is 60.1 Å². The monoisotopic (exact) mass is 290 g/mol. The van der Waals surface area contributed by atoms with Crippen LogP contribution in [0.2, 0.25) is 0 Å². The van der Waals surface area contributed by atoms with Gasteiger partial charge in [0.2, 0.25) is 0 Å². The zero-order valence-corrected chi connectivity index (χ0v) is 11.8. The number of piperazine rings is 1. The first kappa shape index (κ1) is 15.1. The number of carbonyl (C=O) groups excluding carboxylic acids is 1. The number of ketones is 1. The Hall–Kier alpha value is -2.34. The fraction of sp³-hybridized carbons (Fsp3) is 0.333. The van der Waals surface area contributed by atoms with E-state index in [4.69, 9.17) is 5.11 Å². The van der Waals surface area contributed by atoms with Crippen LogP contribution in [0.1, 0.15) is 5.56 Å². The Balaban J connectivity index is 2.08. The Morgan fingerprint density at radius 2 is 1.62 bits per heavy atom. The summed E-state index contributed by atoms with van der Waals surface area (Å²) < 4.78 is 0. The molecule has 1 heterocycles. The first-order valence-electron chi connectivity index (χ1n) is 6.69. The Labute approximate surface area is 122 Å². The molecule has 1 saturated heterocycles. The fourth-order valence-corrected chi connectivity index (χ4v) is 2.18. The molecule has 6 heteroatoms. The second-order valence-electron chi connectivity index (χ2n) is 5.04. The number of nitrogens with zero attached hydrogens (tertiary/aromatic N) is 2. The summed E-state index contributed by atoms with van der Waals surface area (Å²) in [6, 6.07) is 7.06. The number of carboxylic acids is 1. The Kier molecular flexibility index (Phi) is 4.59. The third-order valence-electron chi connectivity index (χ3n) is 3.51. The van der Waals surface area contributed by atoms with Gasteiger partial charge in [-0.3, -0.25) is 4.79 Å². The highest BCUT2D eigenvalue weighted by Gasteiger charge is 2.15. The standard InChI is InChI=1S/C15H18N2O4/c1-16-6-8-17(9-7-16)12-4-2-11(3-5-12)13(18)10-14(19)15(20)21/h2-5,10,18H,6-9H2,1H3,(H,20,21)/b13-10-. The van der Waals surface area contributed by atoms with Gasteiger partial charge in [-0.25, -0.2) is 4.79 Å². The van der Waals surface area contributed by atoms with Crippen molar-refractivity contribution in [2.24, 2.45) is 0 Å². The fourth-order valence-electron chi connectivity index (χ4n) is 2.18. The van der Waals surface area contributed by atoms with Crippen LogP contribution in [0.4, 0.5) is 5.69 Å². The van der Waals surface area contributed by atoms with E-state index >= 15 is 0 Å². The number of aliphatic hydroxyl groups excluding tert-OH is 1. The van der Waals surface area contributed by atoms with E-state index in [0.717, 1.165) is 31.9 Å². The van der Waals surface area contributed by atoms with Gasteiger partial charge < -0.3 is 20.0 Å². The van der Waals surface area contributed by atoms with Crippen molar-refractivity contribution in [2.75, 3.05) is 38.1 Å². The maximum Gasteiger partial charge on any atom is 0.376 e. The van der Waals surface area contributed by atoms with Gasteiger partial charge in [-0.1, -0.05) is 0 Å². The van der Waals surface area contributed by atoms with E-state index in [1.54, 1.807) is 12.1 Å². The summed E-state index contributed by atoms with van der Waals surface area (Å²) >= 11 is 0. The zero-order valence-electron chi connectivity index (χ0n) is 11.8. The second-order valence-corrected chi connectivity index (χ2v) is 5.04. The predicted molar refractivity (Wildman–Crippen MR) is 79.4 cm³/mol. The number of hydrogen-bond donors (Lipinski definition) is 2. The number of carbonyl (C=O) groups is 2. The summed E-state index contributed by atoms with van der Waals surface area (Å²) in [4.78, 5) is 26.0. The third kappa shape index (κ3) is 3.82. The Bertz CT molecular complexity index is 558. The highest BCUT2D eigenvalue weighted by molar-refractivity contribution is 6.38. The molecule has 21 heavy (non-hydrogen) atoms. The first-order valence-corrected chi connectivity index (χ1v) is 6.69. The minimum absolute atomic E-state index is 0.340. The van der Waals surface area contributed by atoms with Crippen LogP contribution in [0.5, 0.6) is 0 Å². The highest BCUT2D eigenvalue weighted by atomic mass is 16.4. The van der Waals surface area contributed by atoms with Crippen molar-refractivity contribution in [3.05, 3.63) is 35.9 Å². The van der Waals surface area contributed by atoms with Crippen LogP contribution in [-0.2, 0) is 9.59 Å². The van der Waals surface area contributed by atoms with Gasteiger partial charge in [0.05, 0.1) is 0 Å². The maximum absolute atomic E-state index is 11.0. The lowest BCUT2D eigenvalue weighted by Crippen LogP contribution is -2.44. The molecule has 0 spiro atoms. The van der Waals surface area contributed by atoms with Crippen molar-refractivity contribution in [2.45, 2.75) is 0 Å². The van der Waals surface area contributed by atoms with E-state index in [0.29, 0.717) is 11.6 Å². The lowest BCUT2D eigenvalue weighted by molar-refractivity contribution is -0.146. The quantitative estimate of drug-likeness (QED) is 0.489. The van der Waals surface area contributed by atoms with E-state index < -0.39 is 11.8 Å². The average Bonchev–Trinajstić information content (AvgIpc) is 2.48. The third-order valence-corrected chi connectivity index (χ3v) is 3.51. The lowest BCUT2D eigenvalue weighted by atomic mass is 10.1. The number of aliphatic carboxylic acids is 1. The number of rotatable bonds is 4. The number of anilines is 1. The molecule has 1 aromatic rings. The van der Waals surface area contributed by atoms with Crippen molar-refractivity contribution >= 4 is 23.2 Å². The summed E-state index contributed by atoms with van der Waals surface area (Å²) in [7, 11) is 2.09. The molecule has 0 atom stereocenters. The van der Waals surface area contributed by atoms with Crippen molar-refractivity contribution in [3.63, 3.8) is 0 Å². The molecule has 2 rings (SSSR count). The number of carboxylic acid groups (broad SMARTS) is 1. The van der Waals surface area contributed by atoms with Gasteiger partial charge in [-0.15, -0.1) is 0 Å². The molecule has 0 unspecified atom stereocenters. The van der Waals surface area contributed by atoms with E-state index in [1.807, 2.05) is 12.1 Å². The van der Waals surface area contributed by atoms with Crippen LogP contribution >= 0.6 is 0 Å². The minimum atomic E-state index is -1.59. The molecular weight excluding hydrogens is 272 g/mol. The molecule has 0 aromatic heterocycles. The Morgan fingerprint density at radius 3 is 2.14 bits per heavy atom. The van der Waals surface area contributed by atoms with Crippen LogP contribution in [0.15, 0.2) is 30.3 Å². The molecular formula is C15H18N2O4. The molecule has 1 fully saturated rings. The van der Waals surface area contributed by atoms with Crippen LogP contribution in [0.3, 0.4) is 0 Å². The summed E-state index contributed by atoms with van der Waals surface area (Å²) in [5, 5.41) is 18.2. The van der Waals surface area contributed by atoms with E-state index in [-0.39, 0.29) is 5.76 Å². The molecule has 112 valence electrons. The molecule has 0 aliphatic carbocycles. The summed E-state index contributed by atoms with van der Waals surface area (Å²) in [5.74, 6) is -3.07. The van der Waals surface area contributed by atoms with Gasteiger partial charge >= 0.3 is 5.97 Å². The number of benzene rings is 1. The molecule has 1 aromatic carbocycles. The zero-order chi connectivity index (χ0) is 15.4. The maximum atomic E-state index is 11.0. The molecule has 1 aliphatic heterocycles. The topological polar surface area (TPSA) is 81.1 Å². The highest BCUT2D eigenvalue weighted by Crippen LogP contribution is 2.20. The molecule has 6 nitrogen and oxygen atoms in total. The number of aliphatic hydroxyl groups is 1. The van der Waals surface area contributed by atoms with Gasteiger partial charge in [0.15, 0.2) is 0 Å². The predicted octanol–water partition coefficient (Wildman–Crippen LogP) is 0.991. The molecule has 0 amide bonds. The van der Waals surface area contributed by atoms with Gasteiger partial charge in [0.25, 0.3) is 5.78 Å². The van der Waals surface area contributed by atoms with Crippen LogP contribution in [0.25, 0.3) is 5.76 Å². The lowest BCUT2D eigenvalue weighted by Gasteiger charge is -2.34. The second kappa shape index (κ2) is 6.41. The summed E-state index contributed by atoms with van der Waals surface area (Å²) in [6.45, 7) is 3.88. The van der Waals surface area contributed by atoms with Gasteiger partial charge in [0, 0.05) is 43.5 Å². The van der Waals surface area contributed by atoms with Crippen molar-refractivity contribution in [3.8, 4) is 0 Å². The van der Waals surface area contributed by atoms with Gasteiger partial charge in [0.1, 0.15) is 5.76 Å². The van der Waals surface area contributed by atoms with E-state index in [1.165, 1.54) is 0 Å².